The SMILES string of the molecule is CCCC1(c2ccccc2Cl)OCCO1. The van der Waals surface area contributed by atoms with Gasteiger partial charge in [0.05, 0.1) is 13.2 Å². The molecule has 1 aliphatic heterocycles. The van der Waals surface area contributed by atoms with Crippen molar-refractivity contribution in [1.82, 2.24) is 0 Å². The van der Waals surface area contributed by atoms with Gasteiger partial charge in [0.2, 0.25) is 0 Å². The minimum atomic E-state index is -0.604. The van der Waals surface area contributed by atoms with Gasteiger partial charge in [-0.2, -0.15) is 0 Å². The fraction of sp³-hybridized carbons (Fsp3) is 0.500. The summed E-state index contributed by atoms with van der Waals surface area (Å²) in [5, 5.41) is 0.716. The van der Waals surface area contributed by atoms with Crippen molar-refractivity contribution in [3.8, 4) is 0 Å². The van der Waals surface area contributed by atoms with Crippen molar-refractivity contribution in [2.75, 3.05) is 13.2 Å². The smallest absolute Gasteiger partial charge is 0.196 e. The predicted octanol–water partition coefficient (Wildman–Crippen LogP) is 3.34. The molecule has 1 fully saturated rings. The van der Waals surface area contributed by atoms with Crippen LogP contribution in [0.1, 0.15) is 25.3 Å². The van der Waals surface area contributed by atoms with E-state index < -0.39 is 5.79 Å². The van der Waals surface area contributed by atoms with Crippen molar-refractivity contribution < 1.29 is 9.47 Å². The third-order valence-electron chi connectivity index (χ3n) is 2.62. The maximum absolute atomic E-state index is 6.17. The molecule has 0 unspecified atom stereocenters. The standard InChI is InChI=1S/C12H15ClO2/c1-2-7-12(14-8-9-15-12)10-5-3-4-6-11(10)13/h3-6H,2,7-9H2,1H3. The Morgan fingerprint density at radius 1 is 1.27 bits per heavy atom. The van der Waals surface area contributed by atoms with Gasteiger partial charge >= 0.3 is 0 Å². The third kappa shape index (κ3) is 2.03. The van der Waals surface area contributed by atoms with E-state index in [1.54, 1.807) is 0 Å². The Labute approximate surface area is 95.1 Å². The van der Waals surface area contributed by atoms with Crippen LogP contribution in [0.3, 0.4) is 0 Å². The lowest BCUT2D eigenvalue weighted by Crippen LogP contribution is -2.27. The number of benzene rings is 1. The lowest BCUT2D eigenvalue weighted by Gasteiger charge is -2.28. The van der Waals surface area contributed by atoms with Crippen LogP contribution in [0.5, 0.6) is 0 Å². The molecule has 15 heavy (non-hydrogen) atoms. The Morgan fingerprint density at radius 2 is 1.93 bits per heavy atom. The van der Waals surface area contributed by atoms with E-state index in [-0.39, 0.29) is 0 Å². The Balaban J connectivity index is 2.36. The molecule has 1 aromatic carbocycles. The molecule has 1 saturated heterocycles. The molecule has 1 aromatic rings. The van der Waals surface area contributed by atoms with Gasteiger partial charge in [0.25, 0.3) is 0 Å². The van der Waals surface area contributed by atoms with Crippen molar-refractivity contribution in [3.05, 3.63) is 34.9 Å². The third-order valence-corrected chi connectivity index (χ3v) is 2.95. The van der Waals surface area contributed by atoms with Crippen molar-refractivity contribution in [2.24, 2.45) is 0 Å². The summed E-state index contributed by atoms with van der Waals surface area (Å²) in [6, 6.07) is 7.73. The van der Waals surface area contributed by atoms with Gasteiger partial charge in [-0.15, -0.1) is 0 Å². The maximum atomic E-state index is 6.17. The largest absolute Gasteiger partial charge is 0.343 e. The van der Waals surface area contributed by atoms with Gasteiger partial charge in [-0.3, -0.25) is 0 Å². The molecular formula is C12H15ClO2. The van der Waals surface area contributed by atoms with E-state index in [1.807, 2.05) is 24.3 Å². The Morgan fingerprint density at radius 3 is 2.53 bits per heavy atom. The van der Waals surface area contributed by atoms with Crippen LogP contribution in [0.15, 0.2) is 24.3 Å². The first-order valence-corrected chi connectivity index (χ1v) is 5.69. The van der Waals surface area contributed by atoms with Crippen LogP contribution in [-0.2, 0) is 15.3 Å². The Hall–Kier alpha value is -0.570. The van der Waals surface area contributed by atoms with Crippen molar-refractivity contribution in [3.63, 3.8) is 0 Å². The molecule has 0 N–H and O–H groups in total. The average molecular weight is 227 g/mol. The molecule has 0 amide bonds. The van der Waals surface area contributed by atoms with E-state index >= 15 is 0 Å². The first kappa shape index (κ1) is 10.9. The van der Waals surface area contributed by atoms with Crippen molar-refractivity contribution in [2.45, 2.75) is 25.6 Å². The van der Waals surface area contributed by atoms with Crippen LogP contribution in [0, 0.1) is 0 Å². The van der Waals surface area contributed by atoms with E-state index in [9.17, 15) is 0 Å². The second-order valence-corrected chi connectivity index (χ2v) is 4.09. The zero-order valence-electron chi connectivity index (χ0n) is 8.83. The van der Waals surface area contributed by atoms with Crippen LogP contribution >= 0.6 is 11.6 Å². The Bertz CT molecular complexity index is 332. The van der Waals surface area contributed by atoms with Crippen molar-refractivity contribution in [1.29, 1.82) is 0 Å². The lowest BCUT2D eigenvalue weighted by molar-refractivity contribution is -0.170. The quantitative estimate of drug-likeness (QED) is 0.787. The van der Waals surface area contributed by atoms with Gasteiger partial charge in [0.1, 0.15) is 0 Å². The summed E-state index contributed by atoms with van der Waals surface area (Å²) in [6.07, 6.45) is 1.85. The number of rotatable bonds is 3. The molecule has 0 aromatic heterocycles. The first-order chi connectivity index (χ1) is 7.28. The second kappa shape index (κ2) is 4.52. The first-order valence-electron chi connectivity index (χ1n) is 5.31. The number of halogens is 1. The summed E-state index contributed by atoms with van der Waals surface area (Å²) in [7, 11) is 0. The van der Waals surface area contributed by atoms with E-state index in [1.165, 1.54) is 0 Å². The highest BCUT2D eigenvalue weighted by Crippen LogP contribution is 2.39. The van der Waals surface area contributed by atoms with Gasteiger partial charge in [-0.05, 0) is 6.07 Å². The molecule has 0 radical (unpaired) electrons. The van der Waals surface area contributed by atoms with Gasteiger partial charge in [0, 0.05) is 17.0 Å². The van der Waals surface area contributed by atoms with Gasteiger partial charge < -0.3 is 9.47 Å². The molecule has 2 nitrogen and oxygen atoms in total. The number of ether oxygens (including phenoxy) is 2. The predicted molar refractivity (Wildman–Crippen MR) is 59.9 cm³/mol. The van der Waals surface area contributed by atoms with Gasteiger partial charge in [-0.25, -0.2) is 0 Å². The summed E-state index contributed by atoms with van der Waals surface area (Å²) in [6.45, 7) is 3.40. The summed E-state index contributed by atoms with van der Waals surface area (Å²) in [4.78, 5) is 0. The highest BCUT2D eigenvalue weighted by molar-refractivity contribution is 6.31. The molecule has 0 atom stereocenters. The van der Waals surface area contributed by atoms with Crippen LogP contribution in [0.2, 0.25) is 5.02 Å². The monoisotopic (exact) mass is 226 g/mol. The molecule has 0 spiro atoms. The summed E-state index contributed by atoms with van der Waals surface area (Å²) >= 11 is 6.17. The molecule has 1 heterocycles. The summed E-state index contributed by atoms with van der Waals surface area (Å²) < 4.78 is 11.5. The summed E-state index contributed by atoms with van der Waals surface area (Å²) in [5.74, 6) is -0.604. The average Bonchev–Trinajstić information content (AvgIpc) is 2.69. The fourth-order valence-corrected chi connectivity index (χ4v) is 2.27. The lowest BCUT2D eigenvalue weighted by atomic mass is 10.0. The number of hydrogen-bond acceptors (Lipinski definition) is 2. The molecule has 2 rings (SSSR count). The van der Waals surface area contributed by atoms with Gasteiger partial charge in [0.15, 0.2) is 5.79 Å². The van der Waals surface area contributed by atoms with E-state index in [0.29, 0.717) is 18.2 Å². The zero-order valence-corrected chi connectivity index (χ0v) is 9.59. The fourth-order valence-electron chi connectivity index (χ4n) is 1.99. The molecule has 82 valence electrons. The minimum Gasteiger partial charge on any atom is -0.343 e. The minimum absolute atomic E-state index is 0.604. The molecule has 0 aliphatic carbocycles. The van der Waals surface area contributed by atoms with Crippen LogP contribution < -0.4 is 0 Å². The molecule has 0 bridgehead atoms. The Kier molecular flexibility index (Phi) is 3.29. The second-order valence-electron chi connectivity index (χ2n) is 3.68. The highest BCUT2D eigenvalue weighted by atomic mass is 35.5. The maximum Gasteiger partial charge on any atom is 0.196 e. The van der Waals surface area contributed by atoms with E-state index in [4.69, 9.17) is 21.1 Å². The topological polar surface area (TPSA) is 18.5 Å². The molecule has 1 aliphatic rings. The molecule has 3 heteroatoms. The van der Waals surface area contributed by atoms with Crippen LogP contribution in [0.25, 0.3) is 0 Å². The van der Waals surface area contributed by atoms with Crippen molar-refractivity contribution >= 4 is 11.6 Å². The van der Waals surface area contributed by atoms with Crippen LogP contribution in [0.4, 0.5) is 0 Å². The highest BCUT2D eigenvalue weighted by Gasteiger charge is 2.38. The molecule has 0 saturated carbocycles. The van der Waals surface area contributed by atoms with E-state index in [0.717, 1.165) is 18.4 Å². The van der Waals surface area contributed by atoms with Crippen LogP contribution in [-0.4, -0.2) is 13.2 Å². The van der Waals surface area contributed by atoms with Gasteiger partial charge in [-0.1, -0.05) is 43.1 Å². The van der Waals surface area contributed by atoms with E-state index in [2.05, 4.69) is 6.92 Å². The molecular weight excluding hydrogens is 212 g/mol. The zero-order chi connectivity index (χ0) is 10.7. The number of hydrogen-bond donors (Lipinski definition) is 0. The normalized spacial score (nSPS) is 19.3. The summed E-state index contributed by atoms with van der Waals surface area (Å²) in [5.41, 5.74) is 0.950.